The summed E-state index contributed by atoms with van der Waals surface area (Å²) in [5, 5.41) is 9.31. The molecule has 3 N–H and O–H groups in total. The zero-order chi connectivity index (χ0) is 21.4. The van der Waals surface area contributed by atoms with Crippen molar-refractivity contribution in [1.29, 1.82) is 0 Å². The van der Waals surface area contributed by atoms with E-state index in [1.807, 2.05) is 48.5 Å². The van der Waals surface area contributed by atoms with Gasteiger partial charge in [0.05, 0.1) is 6.04 Å². The molecule has 1 fully saturated rings. The highest BCUT2D eigenvalue weighted by atomic mass is 16.6. The minimum Gasteiger partial charge on any atom is -0.444 e. The van der Waals surface area contributed by atoms with E-state index in [0.717, 1.165) is 19.3 Å². The van der Waals surface area contributed by atoms with Crippen molar-refractivity contribution in [2.24, 2.45) is 4.99 Å². The van der Waals surface area contributed by atoms with Crippen LogP contribution in [0.3, 0.4) is 0 Å². The van der Waals surface area contributed by atoms with Gasteiger partial charge in [-0.25, -0.2) is 9.79 Å². The molecule has 0 aliphatic carbocycles. The Kier molecular flexibility index (Phi) is 9.04. The second-order valence-corrected chi connectivity index (χ2v) is 9.20. The topological polar surface area (TPSA) is 95.1 Å². The average Bonchev–Trinajstić information content (AvgIpc) is 2.54. The third-order valence-corrected chi connectivity index (χ3v) is 4.00. The molecule has 162 valence electrons. The molecule has 1 atom stereocenters. The van der Waals surface area contributed by atoms with E-state index in [-0.39, 0.29) is 30.1 Å². The maximum Gasteiger partial charge on any atom is 0.410 e. The smallest absolute Gasteiger partial charge is 0.410 e. The van der Waals surface area contributed by atoms with Crippen LogP contribution in [-0.4, -0.2) is 66.2 Å². The van der Waals surface area contributed by atoms with Gasteiger partial charge in [-0.3, -0.25) is 4.79 Å². The molecular formula is C20H39N5O3. The fourth-order valence-electron chi connectivity index (χ4n) is 2.94. The average molecular weight is 398 g/mol. The standard InChI is InChI=1S/C20H39N5O3/c1-8-21-17(23-14-16(26)24-19(2,3)4)22-13-15-11-9-10-12-25(15)18(27)28-20(5,6)7/h15H,8-14H2,1-7H3,(H,24,26)(H2,21,22,23). The first kappa shape index (κ1) is 24.0. The monoisotopic (exact) mass is 397 g/mol. The van der Waals surface area contributed by atoms with E-state index >= 15 is 0 Å². The molecule has 1 aliphatic rings. The number of amides is 2. The van der Waals surface area contributed by atoms with Crippen LogP contribution in [0.4, 0.5) is 4.79 Å². The first-order chi connectivity index (χ1) is 12.9. The number of piperidine rings is 1. The highest BCUT2D eigenvalue weighted by Gasteiger charge is 2.30. The fourth-order valence-corrected chi connectivity index (χ4v) is 2.94. The molecule has 8 heteroatoms. The predicted molar refractivity (Wildman–Crippen MR) is 112 cm³/mol. The lowest BCUT2D eigenvalue weighted by Crippen LogP contribution is -2.52. The Morgan fingerprint density at radius 2 is 1.79 bits per heavy atom. The number of nitrogens with one attached hydrogen (secondary N) is 3. The molecule has 0 aromatic heterocycles. The SMILES string of the molecule is CCNC(=NCC(=O)NC(C)(C)C)NCC1CCCCN1C(=O)OC(C)(C)C. The molecule has 0 radical (unpaired) electrons. The maximum atomic E-state index is 12.5. The van der Waals surface area contributed by atoms with Crippen LogP contribution in [0.1, 0.15) is 67.7 Å². The minimum atomic E-state index is -0.511. The Balaban J connectivity index is 2.67. The van der Waals surface area contributed by atoms with Crippen molar-refractivity contribution >= 4 is 18.0 Å². The third kappa shape index (κ3) is 9.80. The van der Waals surface area contributed by atoms with Gasteiger partial charge in [-0.15, -0.1) is 0 Å². The number of aliphatic imine (C=N–C) groups is 1. The molecule has 1 saturated heterocycles. The third-order valence-electron chi connectivity index (χ3n) is 4.00. The van der Waals surface area contributed by atoms with E-state index in [2.05, 4.69) is 20.9 Å². The Labute approximate surface area is 169 Å². The predicted octanol–water partition coefficient (Wildman–Crippen LogP) is 2.25. The van der Waals surface area contributed by atoms with Crippen molar-refractivity contribution in [3.05, 3.63) is 0 Å². The van der Waals surface area contributed by atoms with E-state index < -0.39 is 5.60 Å². The van der Waals surface area contributed by atoms with Crippen LogP contribution in [0.2, 0.25) is 0 Å². The zero-order valence-corrected chi connectivity index (χ0v) is 18.6. The lowest BCUT2D eigenvalue weighted by Gasteiger charge is -2.37. The second-order valence-electron chi connectivity index (χ2n) is 9.20. The largest absolute Gasteiger partial charge is 0.444 e. The highest BCUT2D eigenvalue weighted by molar-refractivity contribution is 5.85. The maximum absolute atomic E-state index is 12.5. The molecular weight excluding hydrogens is 358 g/mol. The zero-order valence-electron chi connectivity index (χ0n) is 18.6. The number of nitrogens with zero attached hydrogens (tertiary/aromatic N) is 2. The van der Waals surface area contributed by atoms with Crippen molar-refractivity contribution in [3.8, 4) is 0 Å². The number of hydrogen-bond donors (Lipinski definition) is 3. The molecule has 1 rings (SSSR count). The Morgan fingerprint density at radius 3 is 2.36 bits per heavy atom. The van der Waals surface area contributed by atoms with E-state index in [0.29, 0.717) is 25.6 Å². The van der Waals surface area contributed by atoms with Gasteiger partial charge in [-0.1, -0.05) is 0 Å². The van der Waals surface area contributed by atoms with Crippen LogP contribution in [0, 0.1) is 0 Å². The molecule has 28 heavy (non-hydrogen) atoms. The van der Waals surface area contributed by atoms with Gasteiger partial charge in [-0.05, 0) is 67.7 Å². The summed E-state index contributed by atoms with van der Waals surface area (Å²) in [4.78, 5) is 30.7. The summed E-state index contributed by atoms with van der Waals surface area (Å²) < 4.78 is 5.55. The minimum absolute atomic E-state index is 0.0378. The molecule has 1 heterocycles. The van der Waals surface area contributed by atoms with Crippen molar-refractivity contribution in [2.75, 3.05) is 26.2 Å². The number of hydrogen-bond acceptors (Lipinski definition) is 4. The van der Waals surface area contributed by atoms with E-state index in [9.17, 15) is 9.59 Å². The molecule has 2 amide bonds. The van der Waals surface area contributed by atoms with Crippen molar-refractivity contribution in [1.82, 2.24) is 20.9 Å². The van der Waals surface area contributed by atoms with Gasteiger partial charge in [0.25, 0.3) is 0 Å². The van der Waals surface area contributed by atoms with E-state index in [1.54, 1.807) is 4.90 Å². The number of carbonyl (C=O) groups excluding carboxylic acids is 2. The molecule has 0 bridgehead atoms. The van der Waals surface area contributed by atoms with Crippen molar-refractivity contribution in [3.63, 3.8) is 0 Å². The highest BCUT2D eigenvalue weighted by Crippen LogP contribution is 2.20. The van der Waals surface area contributed by atoms with Crippen molar-refractivity contribution < 1.29 is 14.3 Å². The van der Waals surface area contributed by atoms with Gasteiger partial charge < -0.3 is 25.6 Å². The Hall–Kier alpha value is -1.99. The summed E-state index contributed by atoms with van der Waals surface area (Å²) in [7, 11) is 0. The number of rotatable bonds is 5. The van der Waals surface area contributed by atoms with Crippen LogP contribution >= 0.6 is 0 Å². The Bertz CT molecular complexity index is 549. The van der Waals surface area contributed by atoms with Crippen LogP contribution in [0.15, 0.2) is 4.99 Å². The number of likely N-dealkylation sites (tertiary alicyclic amines) is 1. The van der Waals surface area contributed by atoms with Crippen LogP contribution in [0.5, 0.6) is 0 Å². The van der Waals surface area contributed by atoms with Crippen LogP contribution in [-0.2, 0) is 9.53 Å². The van der Waals surface area contributed by atoms with Crippen LogP contribution in [0.25, 0.3) is 0 Å². The van der Waals surface area contributed by atoms with Gasteiger partial charge >= 0.3 is 6.09 Å². The lowest BCUT2D eigenvalue weighted by atomic mass is 10.0. The normalized spacial score (nSPS) is 18.5. The summed E-state index contributed by atoms with van der Waals surface area (Å²) in [6.45, 7) is 15.4. The number of guanidine groups is 1. The number of carbonyl (C=O) groups is 2. The molecule has 0 spiro atoms. The van der Waals surface area contributed by atoms with E-state index in [1.165, 1.54) is 0 Å². The second kappa shape index (κ2) is 10.5. The molecule has 0 aromatic carbocycles. The summed E-state index contributed by atoms with van der Waals surface area (Å²) in [5.41, 5.74) is -0.794. The molecule has 0 aromatic rings. The molecule has 8 nitrogen and oxygen atoms in total. The molecule has 1 unspecified atom stereocenters. The first-order valence-electron chi connectivity index (χ1n) is 10.2. The summed E-state index contributed by atoms with van der Waals surface area (Å²) in [6, 6.07) is 0.0378. The van der Waals surface area contributed by atoms with Gasteiger partial charge in [-0.2, -0.15) is 0 Å². The number of ether oxygens (including phenoxy) is 1. The summed E-state index contributed by atoms with van der Waals surface area (Å²) >= 11 is 0. The van der Waals surface area contributed by atoms with Crippen LogP contribution < -0.4 is 16.0 Å². The first-order valence-corrected chi connectivity index (χ1v) is 10.2. The van der Waals surface area contributed by atoms with Gasteiger partial charge in [0.15, 0.2) is 5.96 Å². The van der Waals surface area contributed by atoms with Gasteiger partial charge in [0.2, 0.25) is 5.91 Å². The van der Waals surface area contributed by atoms with Crippen molar-refractivity contribution in [2.45, 2.75) is 84.9 Å². The van der Waals surface area contributed by atoms with E-state index in [4.69, 9.17) is 4.74 Å². The van der Waals surface area contributed by atoms with Gasteiger partial charge in [0.1, 0.15) is 12.1 Å². The molecule has 1 aliphatic heterocycles. The fraction of sp³-hybridized carbons (Fsp3) is 0.850. The van der Waals surface area contributed by atoms with Gasteiger partial charge in [0, 0.05) is 25.2 Å². The lowest BCUT2D eigenvalue weighted by molar-refractivity contribution is -0.121. The summed E-state index contributed by atoms with van der Waals surface area (Å²) in [5.74, 6) is 0.444. The quantitative estimate of drug-likeness (QED) is 0.488. The molecule has 0 saturated carbocycles. The summed E-state index contributed by atoms with van der Waals surface area (Å²) in [6.07, 6.45) is 2.70. The Morgan fingerprint density at radius 1 is 1.11 bits per heavy atom.